The molecule has 0 amide bonds. The Hall–Kier alpha value is -0.513. The highest BCUT2D eigenvalue weighted by Gasteiger charge is 2.48. The van der Waals surface area contributed by atoms with Gasteiger partial charge in [0.05, 0.1) is 12.0 Å². The molecule has 0 bridgehead atoms. The lowest BCUT2D eigenvalue weighted by molar-refractivity contribution is -0.290. The molecule has 148 valence electrons. The highest BCUT2D eigenvalue weighted by atomic mass is 28.4. The first kappa shape index (κ1) is 22.5. The number of esters is 1. The maximum Gasteiger partial charge on any atom is 0.311 e. The smallest absolute Gasteiger partial charge is 0.311 e. The van der Waals surface area contributed by atoms with Crippen LogP contribution in [0.3, 0.4) is 0 Å². The topological polar surface area (TPSA) is 105 Å². The molecule has 1 heterocycles. The van der Waals surface area contributed by atoms with Gasteiger partial charge in [-0.15, -0.1) is 0 Å². The number of rotatable bonds is 4. The third-order valence-corrected chi connectivity index (χ3v) is 9.43. The van der Waals surface area contributed by atoms with Crippen molar-refractivity contribution in [1.29, 1.82) is 0 Å². The minimum atomic E-state index is -2.08. The molecule has 5 atom stereocenters. The summed E-state index contributed by atoms with van der Waals surface area (Å²) in [6, 6.07) is 0. The molecule has 1 saturated heterocycles. The molecular weight excluding hydrogens is 344 g/mol. The van der Waals surface area contributed by atoms with Crippen molar-refractivity contribution in [1.82, 2.24) is 0 Å². The number of ether oxygens (including phenoxy) is 2. The number of carbonyl (C=O) groups is 1. The maximum absolute atomic E-state index is 12.1. The average Bonchev–Trinajstić information content (AvgIpc) is 2.43. The number of aliphatic hydroxyl groups excluding tert-OH is 3. The van der Waals surface area contributed by atoms with E-state index in [-0.39, 0.29) is 11.6 Å². The van der Waals surface area contributed by atoms with Crippen LogP contribution in [0.1, 0.15) is 41.5 Å². The van der Waals surface area contributed by atoms with E-state index >= 15 is 0 Å². The number of hydrogen-bond acceptors (Lipinski definition) is 7. The quantitative estimate of drug-likeness (QED) is 0.502. The second kappa shape index (κ2) is 7.62. The molecule has 1 fully saturated rings. The van der Waals surface area contributed by atoms with E-state index in [1.165, 1.54) is 0 Å². The van der Waals surface area contributed by atoms with E-state index in [0.29, 0.717) is 0 Å². The summed E-state index contributed by atoms with van der Waals surface area (Å²) in [5.74, 6) is -0.575. The minimum absolute atomic E-state index is 0.0249. The summed E-state index contributed by atoms with van der Waals surface area (Å²) in [6.07, 6.45) is -6.55. The minimum Gasteiger partial charge on any atom is -0.456 e. The summed E-state index contributed by atoms with van der Waals surface area (Å²) in [4.78, 5) is 12.1. The highest BCUT2D eigenvalue weighted by Crippen LogP contribution is 2.37. The van der Waals surface area contributed by atoms with Gasteiger partial charge in [0.2, 0.25) is 0 Å². The van der Waals surface area contributed by atoms with Crippen molar-refractivity contribution in [2.75, 3.05) is 6.61 Å². The Kier molecular flexibility index (Phi) is 6.86. The van der Waals surface area contributed by atoms with Gasteiger partial charge in [-0.05, 0) is 38.9 Å². The summed E-state index contributed by atoms with van der Waals surface area (Å²) >= 11 is 0. The summed E-state index contributed by atoms with van der Waals surface area (Å²) < 4.78 is 16.6. The van der Waals surface area contributed by atoms with Gasteiger partial charge in [-0.2, -0.15) is 0 Å². The van der Waals surface area contributed by atoms with Crippen LogP contribution in [0.2, 0.25) is 18.1 Å². The Balaban J connectivity index is 2.85. The van der Waals surface area contributed by atoms with E-state index < -0.39 is 50.4 Å². The lowest BCUT2D eigenvalue weighted by Gasteiger charge is -2.43. The van der Waals surface area contributed by atoms with E-state index in [1.807, 2.05) is 0 Å². The maximum atomic E-state index is 12.1. The van der Waals surface area contributed by atoms with Gasteiger partial charge in [0, 0.05) is 0 Å². The fourth-order valence-corrected chi connectivity index (χ4v) is 3.01. The molecule has 0 saturated carbocycles. The Morgan fingerprint density at radius 2 is 1.56 bits per heavy atom. The SMILES string of the molecule is CC(C)(C)C(=O)OC1C(O)[C@H](O)OC(CO[Si](C)(C)C(C)(C)C)[C@@H]1O. The summed E-state index contributed by atoms with van der Waals surface area (Å²) in [7, 11) is -2.08. The molecule has 0 aromatic carbocycles. The standard InChI is InChI=1S/C17H34O7Si/c1-16(2,3)15(21)24-13-11(18)10(23-14(20)12(13)19)9-22-25(7,8)17(4,5)6/h10-14,18-20H,9H2,1-8H3/t10?,11-,12?,13?,14+/m0/s1. The molecule has 0 radical (unpaired) electrons. The predicted molar refractivity (Wildman–Crippen MR) is 95.4 cm³/mol. The van der Waals surface area contributed by atoms with Gasteiger partial charge in [-0.1, -0.05) is 20.8 Å². The van der Waals surface area contributed by atoms with E-state index in [1.54, 1.807) is 20.8 Å². The molecule has 1 aliphatic heterocycles. The predicted octanol–water partition coefficient (Wildman–Crippen LogP) is 1.41. The molecule has 0 aromatic heterocycles. The zero-order chi connectivity index (χ0) is 19.8. The van der Waals surface area contributed by atoms with Crippen molar-refractivity contribution in [3.05, 3.63) is 0 Å². The van der Waals surface area contributed by atoms with Crippen LogP contribution in [0.25, 0.3) is 0 Å². The molecule has 3 N–H and O–H groups in total. The molecule has 1 rings (SSSR count). The van der Waals surface area contributed by atoms with Crippen LogP contribution in [0.15, 0.2) is 0 Å². The second-order valence-corrected chi connectivity index (χ2v) is 14.0. The first-order valence-electron chi connectivity index (χ1n) is 8.62. The van der Waals surface area contributed by atoms with Crippen molar-refractivity contribution in [3.8, 4) is 0 Å². The van der Waals surface area contributed by atoms with Crippen LogP contribution < -0.4 is 0 Å². The van der Waals surface area contributed by atoms with Crippen molar-refractivity contribution < 1.29 is 34.0 Å². The molecule has 7 nitrogen and oxygen atoms in total. The van der Waals surface area contributed by atoms with E-state index in [4.69, 9.17) is 13.9 Å². The number of carbonyl (C=O) groups excluding carboxylic acids is 1. The highest BCUT2D eigenvalue weighted by molar-refractivity contribution is 6.74. The number of hydrogen-bond donors (Lipinski definition) is 3. The number of aliphatic hydroxyl groups is 3. The molecule has 0 spiro atoms. The van der Waals surface area contributed by atoms with Gasteiger partial charge < -0.3 is 29.2 Å². The second-order valence-electron chi connectivity index (χ2n) is 9.24. The normalized spacial score (nSPS) is 31.7. The zero-order valence-corrected chi connectivity index (χ0v) is 17.6. The fraction of sp³-hybridized carbons (Fsp3) is 0.941. The molecular formula is C17H34O7Si. The van der Waals surface area contributed by atoms with E-state index in [2.05, 4.69) is 33.9 Å². The Morgan fingerprint density at radius 1 is 1.04 bits per heavy atom. The van der Waals surface area contributed by atoms with Gasteiger partial charge in [0.25, 0.3) is 0 Å². The molecule has 3 unspecified atom stereocenters. The van der Waals surface area contributed by atoms with Crippen LogP contribution >= 0.6 is 0 Å². The molecule has 0 aliphatic carbocycles. The first-order valence-corrected chi connectivity index (χ1v) is 11.5. The molecule has 25 heavy (non-hydrogen) atoms. The van der Waals surface area contributed by atoms with E-state index in [0.717, 1.165) is 0 Å². The van der Waals surface area contributed by atoms with Crippen LogP contribution in [0.5, 0.6) is 0 Å². The summed E-state index contributed by atoms with van der Waals surface area (Å²) in [5, 5.41) is 30.4. The Bertz CT molecular complexity index is 467. The van der Waals surface area contributed by atoms with Crippen molar-refractivity contribution in [2.45, 2.75) is 90.4 Å². The summed E-state index contributed by atoms with van der Waals surface area (Å²) in [5.41, 5.74) is -0.796. The molecule has 1 aliphatic rings. The summed E-state index contributed by atoms with van der Waals surface area (Å²) in [6.45, 7) is 15.4. The van der Waals surface area contributed by atoms with Crippen LogP contribution in [0.4, 0.5) is 0 Å². The monoisotopic (exact) mass is 378 g/mol. The molecule has 8 heteroatoms. The third-order valence-electron chi connectivity index (χ3n) is 4.93. The van der Waals surface area contributed by atoms with Gasteiger partial charge in [-0.3, -0.25) is 4.79 Å². The van der Waals surface area contributed by atoms with Crippen molar-refractivity contribution in [3.63, 3.8) is 0 Å². The Labute approximate surface area is 151 Å². The fourth-order valence-electron chi connectivity index (χ4n) is 2.00. The average molecular weight is 379 g/mol. The van der Waals surface area contributed by atoms with E-state index in [9.17, 15) is 20.1 Å². The first-order chi connectivity index (χ1) is 11.1. The lowest BCUT2D eigenvalue weighted by Crippen LogP contribution is -2.61. The van der Waals surface area contributed by atoms with Crippen molar-refractivity contribution in [2.24, 2.45) is 5.41 Å². The lowest BCUT2D eigenvalue weighted by atomic mass is 9.95. The molecule has 0 aromatic rings. The third kappa shape index (κ3) is 5.48. The van der Waals surface area contributed by atoms with Gasteiger partial charge in [0.1, 0.15) is 18.3 Å². The van der Waals surface area contributed by atoms with Crippen LogP contribution in [-0.2, 0) is 18.7 Å². The van der Waals surface area contributed by atoms with Crippen LogP contribution in [-0.4, -0.2) is 66.9 Å². The van der Waals surface area contributed by atoms with Gasteiger partial charge >= 0.3 is 5.97 Å². The Morgan fingerprint density at radius 3 is 2.00 bits per heavy atom. The van der Waals surface area contributed by atoms with Crippen molar-refractivity contribution >= 4 is 14.3 Å². The zero-order valence-electron chi connectivity index (χ0n) is 16.6. The van der Waals surface area contributed by atoms with Gasteiger partial charge in [0.15, 0.2) is 20.7 Å². The van der Waals surface area contributed by atoms with Gasteiger partial charge in [-0.25, -0.2) is 0 Å². The van der Waals surface area contributed by atoms with Crippen LogP contribution in [0, 0.1) is 5.41 Å². The largest absolute Gasteiger partial charge is 0.456 e.